The molecule has 3 rings (SSSR count). The molecule has 0 aliphatic heterocycles. The number of hydrogen-bond donors (Lipinski definition) is 1. The van der Waals surface area contributed by atoms with Crippen molar-refractivity contribution in [1.82, 2.24) is 9.97 Å². The van der Waals surface area contributed by atoms with Gasteiger partial charge >= 0.3 is 11.0 Å². The lowest BCUT2D eigenvalue weighted by molar-refractivity contribution is -0.0334. The first-order valence-electron chi connectivity index (χ1n) is 7.32. The fourth-order valence-electron chi connectivity index (χ4n) is 2.20. The van der Waals surface area contributed by atoms with Crippen LogP contribution in [-0.4, -0.2) is 26.1 Å². The van der Waals surface area contributed by atoms with Crippen LogP contribution in [0.3, 0.4) is 0 Å². The zero-order chi connectivity index (χ0) is 20.5. The highest BCUT2D eigenvalue weighted by Gasteiger charge is 2.32. The predicted molar refractivity (Wildman–Crippen MR) is 96.5 cm³/mol. The van der Waals surface area contributed by atoms with Crippen LogP contribution in [0.25, 0.3) is 11.0 Å². The maximum atomic E-state index is 12.6. The Morgan fingerprint density at radius 1 is 0.893 bits per heavy atom. The number of H-pyrrole nitrogens is 1. The standard InChI is InChI=1S/C16H8F6N2OS3/c17-15(18,19)27-9-5-8(6-10(7-9)28-16(20,21)22)13(25)26-14-23-11-3-1-2-4-12(11)24-14/h1-7H,(H,23,24). The van der Waals surface area contributed by atoms with Crippen molar-refractivity contribution in [2.75, 3.05) is 0 Å². The number of alkyl halides is 6. The van der Waals surface area contributed by atoms with Crippen LogP contribution < -0.4 is 0 Å². The number of fused-ring (bicyclic) bond motifs is 1. The fraction of sp³-hybridized carbons (Fsp3) is 0.125. The van der Waals surface area contributed by atoms with Gasteiger partial charge in [-0.3, -0.25) is 4.79 Å². The van der Waals surface area contributed by atoms with Crippen molar-refractivity contribution < 1.29 is 31.1 Å². The molecule has 0 spiro atoms. The number of carbonyl (C=O) groups is 1. The SMILES string of the molecule is O=C(Sc1nc2ccccc2[nH]1)c1cc(SC(F)(F)F)cc(SC(F)(F)F)c1. The first-order valence-corrected chi connectivity index (χ1v) is 9.77. The van der Waals surface area contributed by atoms with E-state index in [1.54, 1.807) is 24.3 Å². The summed E-state index contributed by atoms with van der Waals surface area (Å²) in [6, 6.07) is 9.47. The number of aromatic amines is 1. The summed E-state index contributed by atoms with van der Waals surface area (Å²) in [4.78, 5) is 18.5. The summed E-state index contributed by atoms with van der Waals surface area (Å²) in [6.45, 7) is 0. The van der Waals surface area contributed by atoms with Crippen molar-refractivity contribution in [3.63, 3.8) is 0 Å². The quantitative estimate of drug-likeness (QED) is 0.350. The van der Waals surface area contributed by atoms with Crippen LogP contribution in [0.5, 0.6) is 0 Å². The number of halogens is 6. The summed E-state index contributed by atoms with van der Waals surface area (Å²) < 4.78 is 75.8. The Morgan fingerprint density at radius 2 is 1.46 bits per heavy atom. The van der Waals surface area contributed by atoms with E-state index in [0.29, 0.717) is 22.8 Å². The molecule has 28 heavy (non-hydrogen) atoms. The van der Waals surface area contributed by atoms with Gasteiger partial charge in [-0.15, -0.1) is 0 Å². The van der Waals surface area contributed by atoms with Gasteiger partial charge in [0.1, 0.15) is 0 Å². The van der Waals surface area contributed by atoms with Crippen LogP contribution in [-0.2, 0) is 0 Å². The molecule has 2 aromatic carbocycles. The Labute approximate surface area is 166 Å². The van der Waals surface area contributed by atoms with Crippen LogP contribution in [0.15, 0.2) is 57.4 Å². The first-order chi connectivity index (χ1) is 13.0. The normalized spacial score (nSPS) is 12.5. The molecule has 0 atom stereocenters. The number of thioether (sulfide) groups is 3. The van der Waals surface area contributed by atoms with Crippen molar-refractivity contribution >= 4 is 51.4 Å². The number of nitrogens with zero attached hydrogens (tertiary/aromatic N) is 1. The van der Waals surface area contributed by atoms with Gasteiger partial charge in [-0.2, -0.15) is 26.3 Å². The van der Waals surface area contributed by atoms with E-state index in [9.17, 15) is 31.1 Å². The molecule has 0 fully saturated rings. The molecule has 148 valence electrons. The second kappa shape index (κ2) is 7.91. The lowest BCUT2D eigenvalue weighted by Crippen LogP contribution is -2.03. The predicted octanol–water partition coefficient (Wildman–Crippen LogP) is 6.72. The minimum absolute atomic E-state index is 0.185. The Morgan fingerprint density at radius 3 is 2.00 bits per heavy atom. The maximum Gasteiger partial charge on any atom is 0.446 e. The number of nitrogens with one attached hydrogen (secondary N) is 1. The summed E-state index contributed by atoms with van der Waals surface area (Å²) in [5.41, 5.74) is -8.46. The average Bonchev–Trinajstić information content (AvgIpc) is 2.93. The van der Waals surface area contributed by atoms with Crippen LogP contribution in [0, 0.1) is 0 Å². The highest BCUT2D eigenvalue weighted by molar-refractivity contribution is 8.14. The molecule has 3 nitrogen and oxygen atoms in total. The first kappa shape index (κ1) is 20.9. The summed E-state index contributed by atoms with van der Waals surface area (Å²) >= 11 is -0.577. The van der Waals surface area contributed by atoms with Crippen molar-refractivity contribution in [2.24, 2.45) is 0 Å². The summed E-state index contributed by atoms with van der Waals surface area (Å²) in [5.74, 6) is 0. The largest absolute Gasteiger partial charge is 0.446 e. The number of imidazole rings is 1. The summed E-state index contributed by atoms with van der Waals surface area (Å²) in [5, 5.41) is -0.544. The van der Waals surface area contributed by atoms with Crippen LogP contribution in [0.1, 0.15) is 10.4 Å². The molecule has 1 heterocycles. The third-order valence-electron chi connectivity index (χ3n) is 3.14. The number of rotatable bonds is 4. The number of carbonyl (C=O) groups excluding carboxylic acids is 1. The summed E-state index contributed by atoms with van der Waals surface area (Å²) in [6.07, 6.45) is 0. The van der Waals surface area contributed by atoms with E-state index in [4.69, 9.17) is 0 Å². The summed E-state index contributed by atoms with van der Waals surface area (Å²) in [7, 11) is 0. The average molecular weight is 454 g/mol. The number of benzene rings is 2. The lowest BCUT2D eigenvalue weighted by atomic mass is 10.2. The molecule has 0 aliphatic carbocycles. The monoisotopic (exact) mass is 454 g/mol. The zero-order valence-electron chi connectivity index (χ0n) is 13.4. The van der Waals surface area contributed by atoms with E-state index >= 15 is 0 Å². The van der Waals surface area contributed by atoms with Gasteiger partial charge in [0.25, 0.3) is 0 Å². The van der Waals surface area contributed by atoms with E-state index in [1.807, 2.05) is 0 Å². The molecule has 0 unspecified atom stereocenters. The highest BCUT2D eigenvalue weighted by atomic mass is 32.2. The van der Waals surface area contributed by atoms with Crippen molar-refractivity contribution in [1.29, 1.82) is 0 Å². The van der Waals surface area contributed by atoms with E-state index in [-0.39, 0.29) is 10.7 Å². The Hall–Kier alpha value is -1.79. The van der Waals surface area contributed by atoms with Crippen LogP contribution in [0.4, 0.5) is 26.3 Å². The van der Waals surface area contributed by atoms with Crippen molar-refractivity contribution in [3.8, 4) is 0 Å². The van der Waals surface area contributed by atoms with Gasteiger partial charge in [0.05, 0.1) is 11.0 Å². The molecule has 0 aliphatic rings. The van der Waals surface area contributed by atoms with Gasteiger partial charge in [-0.25, -0.2) is 4.98 Å². The molecular formula is C16H8F6N2OS3. The fourth-order valence-corrected chi connectivity index (χ4v) is 4.27. The molecule has 0 radical (unpaired) electrons. The second-order valence-electron chi connectivity index (χ2n) is 5.24. The smallest absolute Gasteiger partial charge is 0.333 e. The number of para-hydroxylation sites is 2. The van der Waals surface area contributed by atoms with Gasteiger partial charge in [0.2, 0.25) is 5.12 Å². The zero-order valence-corrected chi connectivity index (χ0v) is 15.8. The minimum atomic E-state index is -4.70. The Bertz CT molecular complexity index is 948. The molecular weight excluding hydrogens is 446 g/mol. The molecule has 0 bridgehead atoms. The lowest BCUT2D eigenvalue weighted by Gasteiger charge is -2.11. The molecule has 3 aromatic rings. The molecule has 12 heteroatoms. The maximum absolute atomic E-state index is 12.6. The molecule has 1 N–H and O–H groups in total. The molecule has 1 aromatic heterocycles. The Kier molecular flexibility index (Phi) is 5.92. The van der Waals surface area contributed by atoms with Gasteiger partial charge in [-0.05, 0) is 65.6 Å². The third kappa shape index (κ3) is 5.85. The second-order valence-corrected chi connectivity index (χ2v) is 8.48. The van der Waals surface area contributed by atoms with Crippen molar-refractivity contribution in [3.05, 3.63) is 48.0 Å². The van der Waals surface area contributed by atoms with Gasteiger partial charge < -0.3 is 4.98 Å². The molecule has 0 amide bonds. The molecule has 0 saturated heterocycles. The minimum Gasteiger partial charge on any atom is -0.333 e. The van der Waals surface area contributed by atoms with E-state index in [0.717, 1.165) is 18.2 Å². The topological polar surface area (TPSA) is 45.8 Å². The van der Waals surface area contributed by atoms with Crippen molar-refractivity contribution in [2.45, 2.75) is 26.0 Å². The highest BCUT2D eigenvalue weighted by Crippen LogP contribution is 2.42. The molecule has 0 saturated carbocycles. The van der Waals surface area contributed by atoms with Gasteiger partial charge in [0, 0.05) is 15.4 Å². The van der Waals surface area contributed by atoms with E-state index in [2.05, 4.69) is 9.97 Å². The van der Waals surface area contributed by atoms with Gasteiger partial charge in [0.15, 0.2) is 5.16 Å². The number of aromatic nitrogens is 2. The van der Waals surface area contributed by atoms with E-state index in [1.165, 1.54) is 0 Å². The van der Waals surface area contributed by atoms with Crippen LogP contribution in [0.2, 0.25) is 0 Å². The Balaban J connectivity index is 1.90. The third-order valence-corrected chi connectivity index (χ3v) is 5.35. The van der Waals surface area contributed by atoms with Gasteiger partial charge in [-0.1, -0.05) is 12.1 Å². The van der Waals surface area contributed by atoms with Crippen LogP contribution >= 0.6 is 35.3 Å². The number of hydrogen-bond acceptors (Lipinski definition) is 5. The van der Waals surface area contributed by atoms with E-state index < -0.39 is 49.4 Å².